The van der Waals surface area contributed by atoms with Crippen molar-refractivity contribution in [2.45, 2.75) is 12.0 Å². The molecule has 9 aromatic carbocycles. The van der Waals surface area contributed by atoms with Gasteiger partial charge in [-0.05, 0) is 111 Å². The fraction of sp³-hybridized carbons (Fsp3) is 0.0333. The molecule has 10 aromatic rings. The van der Waals surface area contributed by atoms with Crippen molar-refractivity contribution in [3.8, 4) is 50.3 Å². The molecule has 2 aliphatic rings. The van der Waals surface area contributed by atoms with E-state index in [1.165, 1.54) is 50.1 Å². The Balaban J connectivity index is 0.870. The Labute approximate surface area is 367 Å². The van der Waals surface area contributed by atoms with E-state index in [0.29, 0.717) is 0 Å². The van der Waals surface area contributed by atoms with Crippen molar-refractivity contribution in [2.75, 3.05) is 4.90 Å². The van der Waals surface area contributed by atoms with Crippen molar-refractivity contribution in [1.82, 2.24) is 0 Å². The van der Waals surface area contributed by atoms with Gasteiger partial charge in [-0.2, -0.15) is 0 Å². The van der Waals surface area contributed by atoms with Crippen LogP contribution in [0.25, 0.3) is 72.0 Å². The lowest BCUT2D eigenvalue weighted by Crippen LogP contribution is -2.17. The van der Waals surface area contributed by atoms with Crippen LogP contribution in [0.15, 0.2) is 241 Å². The van der Waals surface area contributed by atoms with E-state index in [0.717, 1.165) is 55.9 Å². The van der Waals surface area contributed by atoms with Crippen LogP contribution in [0.4, 0.5) is 17.1 Å². The lowest BCUT2D eigenvalue weighted by molar-refractivity contribution is 0.269. The van der Waals surface area contributed by atoms with E-state index in [4.69, 9.17) is 9.15 Å². The molecule has 0 radical (unpaired) electrons. The zero-order chi connectivity index (χ0) is 41.7. The summed E-state index contributed by atoms with van der Waals surface area (Å²) in [6.45, 7) is 0. The summed E-state index contributed by atoms with van der Waals surface area (Å²) in [6, 6.07) is 78.0. The first kappa shape index (κ1) is 36.7. The fourth-order valence-electron chi connectivity index (χ4n) is 9.43. The Kier molecular flexibility index (Phi) is 8.97. The molecule has 3 heteroatoms. The van der Waals surface area contributed by atoms with Crippen LogP contribution in [0.1, 0.15) is 17.0 Å². The Bertz CT molecular complexity index is 3340. The second kappa shape index (κ2) is 15.4. The van der Waals surface area contributed by atoms with Crippen LogP contribution in [-0.2, 0) is 0 Å². The van der Waals surface area contributed by atoms with Gasteiger partial charge in [-0.15, -0.1) is 0 Å². The van der Waals surface area contributed by atoms with Gasteiger partial charge in [0.2, 0.25) is 0 Å². The van der Waals surface area contributed by atoms with Crippen LogP contribution in [0.3, 0.4) is 0 Å². The summed E-state index contributed by atoms with van der Waals surface area (Å²) in [5, 5.41) is 2.26. The average Bonchev–Trinajstić information content (AvgIpc) is 3.94. The summed E-state index contributed by atoms with van der Waals surface area (Å²) < 4.78 is 12.7. The first-order chi connectivity index (χ1) is 31.2. The maximum Gasteiger partial charge on any atom is 0.143 e. The summed E-state index contributed by atoms with van der Waals surface area (Å²) in [4.78, 5) is 2.34. The average molecular weight is 808 g/mol. The molecule has 0 amide bonds. The molecule has 2 unspecified atom stereocenters. The smallest absolute Gasteiger partial charge is 0.143 e. The molecule has 63 heavy (non-hydrogen) atoms. The van der Waals surface area contributed by atoms with Gasteiger partial charge < -0.3 is 14.1 Å². The molecule has 2 heterocycles. The third-order valence-electron chi connectivity index (χ3n) is 12.7. The molecule has 1 aliphatic carbocycles. The zero-order valence-electron chi connectivity index (χ0n) is 34.4. The van der Waals surface area contributed by atoms with E-state index in [9.17, 15) is 0 Å². The molecule has 0 saturated heterocycles. The van der Waals surface area contributed by atoms with Crippen LogP contribution in [-0.4, -0.2) is 6.10 Å². The highest BCUT2D eigenvalue weighted by molar-refractivity contribution is 6.09. The normalized spacial score (nSPS) is 15.1. The SMILES string of the molecule is C1=CC2Oc3ccccc3C2C=C1c1ccc(N(c2ccc(-c3ccc(-c4cccc(-c5ccccc5)c4)cc3)cc2)c2ccc(-c3cccc4c3oc3ccccc34)cc2)cc1. The molecular weight excluding hydrogens is 767 g/mol. The highest BCUT2D eigenvalue weighted by Crippen LogP contribution is 2.44. The summed E-state index contributed by atoms with van der Waals surface area (Å²) >= 11 is 0. The van der Waals surface area contributed by atoms with Crippen LogP contribution >= 0.6 is 0 Å². The quantitative estimate of drug-likeness (QED) is 0.153. The maximum absolute atomic E-state index is 6.43. The van der Waals surface area contributed by atoms with Gasteiger partial charge in [-0.3, -0.25) is 0 Å². The van der Waals surface area contributed by atoms with Crippen molar-refractivity contribution in [2.24, 2.45) is 0 Å². The molecule has 0 spiro atoms. The van der Waals surface area contributed by atoms with Gasteiger partial charge in [0.15, 0.2) is 0 Å². The largest absolute Gasteiger partial charge is 0.485 e. The number of fused-ring (bicyclic) bond motifs is 6. The van der Waals surface area contributed by atoms with Crippen LogP contribution in [0, 0.1) is 0 Å². The summed E-state index contributed by atoms with van der Waals surface area (Å²) in [7, 11) is 0. The highest BCUT2D eigenvalue weighted by atomic mass is 16.5. The van der Waals surface area contributed by atoms with E-state index in [-0.39, 0.29) is 12.0 Å². The van der Waals surface area contributed by atoms with Crippen molar-refractivity contribution in [1.29, 1.82) is 0 Å². The van der Waals surface area contributed by atoms with Crippen molar-refractivity contribution < 1.29 is 9.15 Å². The highest BCUT2D eigenvalue weighted by Gasteiger charge is 2.33. The van der Waals surface area contributed by atoms with Crippen LogP contribution in [0.2, 0.25) is 0 Å². The van der Waals surface area contributed by atoms with Crippen molar-refractivity contribution >= 4 is 44.6 Å². The number of allylic oxidation sites excluding steroid dienone is 2. The predicted octanol–water partition coefficient (Wildman–Crippen LogP) is 16.2. The van der Waals surface area contributed by atoms with E-state index >= 15 is 0 Å². The lowest BCUT2D eigenvalue weighted by Gasteiger charge is -2.26. The Morgan fingerprint density at radius 2 is 0.921 bits per heavy atom. The minimum Gasteiger partial charge on any atom is -0.485 e. The summed E-state index contributed by atoms with van der Waals surface area (Å²) in [6.07, 6.45) is 6.80. The van der Waals surface area contributed by atoms with Gasteiger partial charge in [0.1, 0.15) is 23.0 Å². The third kappa shape index (κ3) is 6.72. The molecule has 3 nitrogen and oxygen atoms in total. The fourth-order valence-corrected chi connectivity index (χ4v) is 9.43. The first-order valence-corrected chi connectivity index (χ1v) is 21.6. The number of rotatable bonds is 8. The van der Waals surface area contributed by atoms with E-state index in [2.05, 4.69) is 223 Å². The van der Waals surface area contributed by atoms with E-state index in [1.807, 2.05) is 18.2 Å². The van der Waals surface area contributed by atoms with Gasteiger partial charge >= 0.3 is 0 Å². The summed E-state index contributed by atoms with van der Waals surface area (Å²) in [5.74, 6) is 1.19. The molecule has 2 atom stereocenters. The Morgan fingerprint density at radius 1 is 0.397 bits per heavy atom. The zero-order valence-corrected chi connectivity index (χ0v) is 34.4. The Morgan fingerprint density at radius 3 is 1.63 bits per heavy atom. The molecule has 1 aromatic heterocycles. The Hall–Kier alpha value is -8.14. The molecular formula is C60H41NO2. The molecule has 0 fully saturated rings. The minimum atomic E-state index is 0.0422. The molecule has 0 saturated carbocycles. The second-order valence-corrected chi connectivity index (χ2v) is 16.4. The minimum absolute atomic E-state index is 0.0422. The molecule has 0 N–H and O–H groups in total. The van der Waals surface area contributed by atoms with Crippen LogP contribution < -0.4 is 9.64 Å². The number of anilines is 3. The maximum atomic E-state index is 6.43. The number of ether oxygens (including phenoxy) is 1. The van der Waals surface area contributed by atoms with Gasteiger partial charge in [-0.25, -0.2) is 0 Å². The van der Waals surface area contributed by atoms with Crippen molar-refractivity contribution in [3.05, 3.63) is 248 Å². The molecule has 298 valence electrons. The van der Waals surface area contributed by atoms with Crippen molar-refractivity contribution in [3.63, 3.8) is 0 Å². The van der Waals surface area contributed by atoms with Gasteiger partial charge in [0.05, 0.1) is 0 Å². The van der Waals surface area contributed by atoms with E-state index in [1.54, 1.807) is 0 Å². The third-order valence-corrected chi connectivity index (χ3v) is 12.7. The number of benzene rings is 9. The molecule has 1 aliphatic heterocycles. The first-order valence-electron chi connectivity index (χ1n) is 21.6. The number of hydrogen-bond acceptors (Lipinski definition) is 3. The second-order valence-electron chi connectivity index (χ2n) is 16.4. The standard InChI is InChI=1S/C60H41NO2/c1-2-10-40(11-3-1)46-12-8-13-47(38-46)43-22-20-41(21-23-43)42-24-31-49(32-25-42)61(50-33-26-44(27-34-50)48-30-37-59-56(39-48)54-15-5-6-18-57(54)62-59)51-35-28-45(29-36-51)52-16-9-17-55-53-14-4-7-19-58(53)63-60(52)55/h1-39,56,59H. The number of furan rings is 1. The topological polar surface area (TPSA) is 25.6 Å². The monoisotopic (exact) mass is 807 g/mol. The van der Waals surface area contributed by atoms with Gasteiger partial charge in [-0.1, -0.05) is 176 Å². The van der Waals surface area contributed by atoms with Gasteiger partial charge in [0, 0.05) is 44.9 Å². The van der Waals surface area contributed by atoms with Gasteiger partial charge in [0.25, 0.3) is 0 Å². The summed E-state index contributed by atoms with van der Waals surface area (Å²) in [5.41, 5.74) is 18.0. The van der Waals surface area contributed by atoms with E-state index < -0.39 is 0 Å². The molecule has 0 bridgehead atoms. The number of hydrogen-bond donors (Lipinski definition) is 0. The number of nitrogens with zero attached hydrogens (tertiary/aromatic N) is 1. The lowest BCUT2D eigenvalue weighted by atomic mass is 9.87. The predicted molar refractivity (Wildman–Crippen MR) is 261 cm³/mol. The van der Waals surface area contributed by atoms with Crippen LogP contribution in [0.5, 0.6) is 5.75 Å². The molecule has 12 rings (SSSR count). The number of para-hydroxylation sites is 3.